The van der Waals surface area contributed by atoms with Crippen LogP contribution in [0, 0.1) is 5.41 Å². The van der Waals surface area contributed by atoms with E-state index in [-0.39, 0.29) is 11.8 Å². The van der Waals surface area contributed by atoms with Crippen LogP contribution in [-0.4, -0.2) is 34.9 Å². The number of aliphatic carboxylic acids is 1. The van der Waals surface area contributed by atoms with E-state index in [0.29, 0.717) is 0 Å². The van der Waals surface area contributed by atoms with Gasteiger partial charge in [-0.05, 0) is 26.2 Å². The number of carbonyl (C=O) groups is 2. The predicted molar refractivity (Wildman–Crippen MR) is 72.8 cm³/mol. The predicted octanol–water partition coefficient (Wildman–Crippen LogP) is 1.73. The molecule has 0 saturated heterocycles. The minimum atomic E-state index is -0.993. The lowest BCUT2D eigenvalue weighted by molar-refractivity contribution is -0.137. The number of carboxylic acids is 1. The monoisotopic (exact) mass is 274 g/mol. The van der Waals surface area contributed by atoms with Crippen LogP contribution in [0.3, 0.4) is 0 Å². The van der Waals surface area contributed by atoms with Gasteiger partial charge in [0.25, 0.3) is 0 Å². The Morgan fingerprint density at radius 1 is 1.21 bits per heavy atom. The Balaban J connectivity index is 4.80. The number of hydrogen-bond acceptors (Lipinski definition) is 4. The highest BCUT2D eigenvalue weighted by atomic mass is 16.6. The maximum atomic E-state index is 11.8. The number of alkyl carbamates (subject to hydrolysis) is 1. The van der Waals surface area contributed by atoms with E-state index in [1.54, 1.807) is 20.8 Å². The van der Waals surface area contributed by atoms with Gasteiger partial charge in [-0.3, -0.25) is 4.79 Å². The van der Waals surface area contributed by atoms with Crippen LogP contribution in [0.15, 0.2) is 0 Å². The van der Waals surface area contributed by atoms with Gasteiger partial charge in [-0.2, -0.15) is 0 Å². The van der Waals surface area contributed by atoms with Crippen LogP contribution in [0.2, 0.25) is 0 Å². The van der Waals surface area contributed by atoms with Crippen molar-refractivity contribution in [3.05, 3.63) is 0 Å². The van der Waals surface area contributed by atoms with Gasteiger partial charge >= 0.3 is 12.1 Å². The SMILES string of the molecule is CC(C)(C)OC(=O)NC(C(N)CC(=O)O)C(C)(C)C. The molecule has 0 aromatic rings. The maximum absolute atomic E-state index is 11.8. The Labute approximate surface area is 114 Å². The van der Waals surface area contributed by atoms with Crippen molar-refractivity contribution in [1.29, 1.82) is 0 Å². The largest absolute Gasteiger partial charge is 0.481 e. The van der Waals surface area contributed by atoms with E-state index in [1.165, 1.54) is 0 Å². The standard InChI is InChI=1S/C13H26N2O4/c1-12(2,3)10(8(14)7-9(16)17)15-11(18)19-13(4,5)6/h8,10H,7,14H2,1-6H3,(H,15,18)(H,16,17). The van der Waals surface area contributed by atoms with Crippen LogP contribution in [0.25, 0.3) is 0 Å². The van der Waals surface area contributed by atoms with Crippen molar-refractivity contribution >= 4 is 12.1 Å². The Morgan fingerprint density at radius 3 is 2.00 bits per heavy atom. The molecule has 6 heteroatoms. The van der Waals surface area contributed by atoms with Crippen molar-refractivity contribution in [1.82, 2.24) is 5.32 Å². The molecule has 0 fully saturated rings. The lowest BCUT2D eigenvalue weighted by Crippen LogP contribution is -2.56. The number of ether oxygens (including phenoxy) is 1. The molecule has 0 aromatic carbocycles. The average Bonchev–Trinajstić information content (AvgIpc) is 2.07. The van der Waals surface area contributed by atoms with E-state index >= 15 is 0 Å². The zero-order chi connectivity index (χ0) is 15.4. The molecule has 112 valence electrons. The molecule has 0 heterocycles. The van der Waals surface area contributed by atoms with E-state index < -0.39 is 29.7 Å². The third kappa shape index (κ3) is 7.66. The highest BCUT2D eigenvalue weighted by molar-refractivity contribution is 5.70. The Hall–Kier alpha value is -1.30. The molecule has 0 bridgehead atoms. The second-order valence-electron chi connectivity index (χ2n) is 6.75. The van der Waals surface area contributed by atoms with Crippen molar-refractivity contribution < 1.29 is 19.4 Å². The summed E-state index contributed by atoms with van der Waals surface area (Å²) in [7, 11) is 0. The molecule has 0 rings (SSSR count). The number of rotatable bonds is 4. The Bertz CT molecular complexity index is 329. The van der Waals surface area contributed by atoms with E-state index in [4.69, 9.17) is 15.6 Å². The molecule has 6 nitrogen and oxygen atoms in total. The van der Waals surface area contributed by atoms with Gasteiger partial charge in [-0.15, -0.1) is 0 Å². The fourth-order valence-corrected chi connectivity index (χ4v) is 1.72. The molecule has 0 saturated carbocycles. The topological polar surface area (TPSA) is 102 Å². The molecule has 0 aliphatic rings. The van der Waals surface area contributed by atoms with Gasteiger partial charge in [0, 0.05) is 6.04 Å². The number of amides is 1. The smallest absolute Gasteiger partial charge is 0.407 e. The van der Waals surface area contributed by atoms with Gasteiger partial charge in [-0.1, -0.05) is 20.8 Å². The highest BCUT2D eigenvalue weighted by Gasteiger charge is 2.33. The summed E-state index contributed by atoms with van der Waals surface area (Å²) >= 11 is 0. The normalized spacial score (nSPS) is 15.5. The van der Waals surface area contributed by atoms with Gasteiger partial charge in [0.1, 0.15) is 5.60 Å². The summed E-state index contributed by atoms with van der Waals surface area (Å²) in [5.74, 6) is -0.993. The van der Waals surface area contributed by atoms with Crippen LogP contribution in [-0.2, 0) is 9.53 Å². The van der Waals surface area contributed by atoms with Gasteiger partial charge in [0.15, 0.2) is 0 Å². The van der Waals surface area contributed by atoms with E-state index in [2.05, 4.69) is 5.32 Å². The van der Waals surface area contributed by atoms with Crippen LogP contribution in [0.5, 0.6) is 0 Å². The van der Waals surface area contributed by atoms with Gasteiger partial charge < -0.3 is 20.9 Å². The molecular weight excluding hydrogens is 248 g/mol. The van der Waals surface area contributed by atoms with E-state index in [0.717, 1.165) is 0 Å². The van der Waals surface area contributed by atoms with Crippen LogP contribution in [0.1, 0.15) is 48.0 Å². The second-order valence-corrected chi connectivity index (χ2v) is 6.75. The number of carboxylic acid groups (broad SMARTS) is 1. The summed E-state index contributed by atoms with van der Waals surface area (Å²) < 4.78 is 5.17. The van der Waals surface area contributed by atoms with Crippen LogP contribution >= 0.6 is 0 Å². The zero-order valence-corrected chi connectivity index (χ0v) is 12.6. The third-order valence-corrected chi connectivity index (χ3v) is 2.44. The minimum Gasteiger partial charge on any atom is -0.481 e. The van der Waals surface area contributed by atoms with Crippen molar-refractivity contribution in [3.63, 3.8) is 0 Å². The zero-order valence-electron chi connectivity index (χ0n) is 12.6. The first-order chi connectivity index (χ1) is 8.33. The fraction of sp³-hybridized carbons (Fsp3) is 0.846. The lowest BCUT2D eigenvalue weighted by Gasteiger charge is -2.35. The van der Waals surface area contributed by atoms with Gasteiger partial charge in [0.2, 0.25) is 0 Å². The molecule has 4 N–H and O–H groups in total. The maximum Gasteiger partial charge on any atom is 0.407 e. The molecule has 0 aromatic heterocycles. The van der Waals surface area contributed by atoms with Gasteiger partial charge in [-0.25, -0.2) is 4.79 Å². The third-order valence-electron chi connectivity index (χ3n) is 2.44. The molecule has 1 amide bonds. The van der Waals surface area contributed by atoms with Crippen LogP contribution < -0.4 is 11.1 Å². The highest BCUT2D eigenvalue weighted by Crippen LogP contribution is 2.23. The van der Waals surface area contributed by atoms with Crippen molar-refractivity contribution in [2.75, 3.05) is 0 Å². The molecule has 0 spiro atoms. The van der Waals surface area contributed by atoms with Crippen molar-refractivity contribution in [2.45, 2.75) is 65.6 Å². The quantitative estimate of drug-likeness (QED) is 0.724. The van der Waals surface area contributed by atoms with Crippen LogP contribution in [0.4, 0.5) is 4.79 Å². The molecule has 0 aliphatic carbocycles. The lowest BCUT2D eigenvalue weighted by atomic mass is 9.81. The van der Waals surface area contributed by atoms with Crippen molar-refractivity contribution in [3.8, 4) is 0 Å². The summed E-state index contributed by atoms with van der Waals surface area (Å²) in [6, 6.07) is -1.16. The Kier molecular flexibility index (Phi) is 5.81. The van der Waals surface area contributed by atoms with Gasteiger partial charge in [0.05, 0.1) is 12.5 Å². The second kappa shape index (κ2) is 6.23. The summed E-state index contributed by atoms with van der Waals surface area (Å²) in [4.78, 5) is 22.5. The average molecular weight is 274 g/mol. The number of nitrogens with one attached hydrogen (secondary N) is 1. The fourth-order valence-electron chi connectivity index (χ4n) is 1.72. The summed E-state index contributed by atoms with van der Waals surface area (Å²) in [6.07, 6.45) is -0.800. The molecule has 19 heavy (non-hydrogen) atoms. The van der Waals surface area contributed by atoms with E-state index in [9.17, 15) is 9.59 Å². The first kappa shape index (κ1) is 17.7. The number of nitrogens with two attached hydrogens (primary N) is 1. The molecule has 0 radical (unpaired) electrons. The summed E-state index contributed by atoms with van der Waals surface area (Å²) in [6.45, 7) is 10.9. The first-order valence-corrected chi connectivity index (χ1v) is 6.30. The molecular formula is C13H26N2O4. The van der Waals surface area contributed by atoms with Crippen molar-refractivity contribution in [2.24, 2.45) is 11.1 Å². The number of carbonyl (C=O) groups excluding carboxylic acids is 1. The molecule has 2 unspecified atom stereocenters. The summed E-state index contributed by atoms with van der Waals surface area (Å²) in [5.41, 5.74) is 4.89. The molecule has 0 aliphatic heterocycles. The summed E-state index contributed by atoms with van der Waals surface area (Å²) in [5, 5.41) is 11.5. The number of hydrogen-bond donors (Lipinski definition) is 3. The minimum absolute atomic E-state index is 0.211. The Morgan fingerprint density at radius 2 is 1.68 bits per heavy atom. The van der Waals surface area contributed by atoms with E-state index in [1.807, 2.05) is 20.8 Å². The molecule has 2 atom stereocenters. The first-order valence-electron chi connectivity index (χ1n) is 6.30.